The highest BCUT2D eigenvalue weighted by molar-refractivity contribution is 5.74. The van der Waals surface area contributed by atoms with Crippen LogP contribution in [0.15, 0.2) is 24.3 Å². The number of carboxylic acid groups (broad SMARTS) is 1. The average Bonchev–Trinajstić information content (AvgIpc) is 2.80. The van der Waals surface area contributed by atoms with Gasteiger partial charge in [-0.1, -0.05) is 12.1 Å². The zero-order valence-corrected chi connectivity index (χ0v) is 22.2. The average molecular weight is 484 g/mol. The van der Waals surface area contributed by atoms with Crippen LogP contribution in [0.3, 0.4) is 0 Å². The first-order chi connectivity index (χ1) is 16.5. The van der Waals surface area contributed by atoms with Crippen LogP contribution in [0.4, 0.5) is 0 Å². The zero-order valence-electron chi connectivity index (χ0n) is 22.2. The smallest absolute Gasteiger partial charge is 0.189 e. The summed E-state index contributed by atoms with van der Waals surface area (Å²) >= 11 is 0. The lowest BCUT2D eigenvalue weighted by molar-refractivity contribution is -0.320. The first kappa shape index (κ1) is 26.9. The molecule has 2 aromatic carbocycles. The molecule has 0 aromatic heterocycles. The maximum atomic E-state index is 11.2. The molecule has 6 heteroatoms. The van der Waals surface area contributed by atoms with Gasteiger partial charge in [0.15, 0.2) is 6.79 Å². The van der Waals surface area contributed by atoms with Crippen molar-refractivity contribution in [3.63, 3.8) is 0 Å². The summed E-state index contributed by atoms with van der Waals surface area (Å²) in [5.41, 5.74) is 4.23. The van der Waals surface area contributed by atoms with Crippen molar-refractivity contribution in [2.24, 2.45) is 0 Å². The molecule has 0 N–H and O–H groups in total. The first-order valence-electron chi connectivity index (χ1n) is 12.5. The number of fused-ring (bicyclic) bond motifs is 1. The van der Waals surface area contributed by atoms with Crippen LogP contribution < -0.4 is 19.3 Å². The highest BCUT2D eigenvalue weighted by Gasteiger charge is 2.34. The van der Waals surface area contributed by atoms with E-state index in [-0.39, 0.29) is 12.4 Å². The number of hydrogen-bond donors (Lipinski definition) is 0. The summed E-state index contributed by atoms with van der Waals surface area (Å²) in [5.74, 6) is 1.21. The topological polar surface area (TPSA) is 77.1 Å². The SMILES string of the molecule is CCOCOc1c(C)c(C)c2c(c1C)CCC(C)(CCCc1ccc(OC(C)(C)C(=O)[O-])cc1)O2. The molecule has 0 spiro atoms. The van der Waals surface area contributed by atoms with E-state index >= 15 is 0 Å². The fourth-order valence-corrected chi connectivity index (χ4v) is 4.58. The molecule has 0 fully saturated rings. The Morgan fingerprint density at radius 1 is 1.11 bits per heavy atom. The third kappa shape index (κ3) is 6.29. The van der Waals surface area contributed by atoms with Crippen LogP contribution in [0.1, 0.15) is 74.8 Å². The van der Waals surface area contributed by atoms with Crippen molar-refractivity contribution in [3.8, 4) is 17.2 Å². The van der Waals surface area contributed by atoms with Gasteiger partial charge in [0.1, 0.15) is 28.5 Å². The van der Waals surface area contributed by atoms with Gasteiger partial charge >= 0.3 is 0 Å². The second-order valence-corrected chi connectivity index (χ2v) is 10.2. The van der Waals surface area contributed by atoms with Crippen LogP contribution in [-0.4, -0.2) is 30.6 Å². The molecular formula is C29H39O6-. The molecule has 0 aliphatic carbocycles. The van der Waals surface area contributed by atoms with Crippen LogP contribution in [0, 0.1) is 20.8 Å². The molecule has 0 saturated heterocycles. The van der Waals surface area contributed by atoms with Crippen molar-refractivity contribution in [2.75, 3.05) is 13.4 Å². The van der Waals surface area contributed by atoms with Crippen LogP contribution >= 0.6 is 0 Å². The number of aryl methyl sites for hydroxylation is 1. The Balaban J connectivity index is 1.62. The van der Waals surface area contributed by atoms with E-state index < -0.39 is 11.6 Å². The second kappa shape index (κ2) is 10.9. The zero-order chi connectivity index (χ0) is 25.8. The van der Waals surface area contributed by atoms with Gasteiger partial charge in [-0.15, -0.1) is 0 Å². The first-order valence-corrected chi connectivity index (χ1v) is 12.5. The normalized spacial score (nSPS) is 17.5. The lowest BCUT2D eigenvalue weighted by Crippen LogP contribution is -2.47. The third-order valence-electron chi connectivity index (χ3n) is 7.01. The molecular weight excluding hydrogens is 444 g/mol. The van der Waals surface area contributed by atoms with Gasteiger partial charge in [-0.25, -0.2) is 0 Å². The van der Waals surface area contributed by atoms with E-state index in [0.717, 1.165) is 60.3 Å². The number of ether oxygens (including phenoxy) is 4. The molecule has 35 heavy (non-hydrogen) atoms. The molecule has 0 radical (unpaired) electrons. The highest BCUT2D eigenvalue weighted by atomic mass is 16.7. The van der Waals surface area contributed by atoms with Crippen LogP contribution in [0.25, 0.3) is 0 Å². The van der Waals surface area contributed by atoms with Crippen molar-refractivity contribution in [3.05, 3.63) is 52.1 Å². The summed E-state index contributed by atoms with van der Waals surface area (Å²) in [4.78, 5) is 11.2. The Labute approximate surface area is 209 Å². The van der Waals surface area contributed by atoms with Gasteiger partial charge in [0.25, 0.3) is 0 Å². The summed E-state index contributed by atoms with van der Waals surface area (Å²) in [5, 5.41) is 11.2. The van der Waals surface area contributed by atoms with Gasteiger partial charge in [-0.05, 0) is 115 Å². The van der Waals surface area contributed by atoms with Gasteiger partial charge in [-0.3, -0.25) is 0 Å². The van der Waals surface area contributed by atoms with Crippen molar-refractivity contribution in [2.45, 2.75) is 91.8 Å². The molecule has 1 heterocycles. The Kier molecular flexibility index (Phi) is 8.37. The summed E-state index contributed by atoms with van der Waals surface area (Å²) in [7, 11) is 0. The minimum absolute atomic E-state index is 0.216. The van der Waals surface area contributed by atoms with Crippen LogP contribution in [-0.2, 0) is 22.4 Å². The maximum Gasteiger partial charge on any atom is 0.189 e. The summed E-state index contributed by atoms with van der Waals surface area (Å²) < 4.78 is 23.5. The van der Waals surface area contributed by atoms with Crippen molar-refractivity contribution in [1.29, 1.82) is 0 Å². The van der Waals surface area contributed by atoms with Gasteiger partial charge in [0.2, 0.25) is 0 Å². The summed E-state index contributed by atoms with van der Waals surface area (Å²) in [6, 6.07) is 7.60. The van der Waals surface area contributed by atoms with E-state index in [9.17, 15) is 9.90 Å². The molecule has 1 unspecified atom stereocenters. The minimum atomic E-state index is -1.37. The fraction of sp³-hybridized carbons (Fsp3) is 0.552. The van der Waals surface area contributed by atoms with E-state index in [0.29, 0.717) is 12.4 Å². The molecule has 2 aromatic rings. The Morgan fingerprint density at radius 2 is 1.80 bits per heavy atom. The van der Waals surface area contributed by atoms with E-state index in [1.54, 1.807) is 0 Å². The molecule has 3 rings (SSSR count). The number of carboxylic acids is 1. The van der Waals surface area contributed by atoms with Gasteiger partial charge in [0, 0.05) is 12.2 Å². The largest absolute Gasteiger partial charge is 0.546 e. The molecule has 6 nitrogen and oxygen atoms in total. The van der Waals surface area contributed by atoms with Gasteiger partial charge in [-0.2, -0.15) is 0 Å². The lowest BCUT2D eigenvalue weighted by atomic mass is 9.84. The number of hydrogen-bond acceptors (Lipinski definition) is 6. The minimum Gasteiger partial charge on any atom is -0.546 e. The number of benzene rings is 2. The van der Waals surface area contributed by atoms with Gasteiger partial charge in [0.05, 0.1) is 5.97 Å². The van der Waals surface area contributed by atoms with E-state index in [1.807, 2.05) is 31.2 Å². The van der Waals surface area contributed by atoms with E-state index in [4.69, 9.17) is 18.9 Å². The molecule has 1 atom stereocenters. The van der Waals surface area contributed by atoms with Crippen molar-refractivity contribution < 1.29 is 28.8 Å². The molecule has 0 saturated carbocycles. The fourth-order valence-electron chi connectivity index (χ4n) is 4.58. The number of carbonyl (C=O) groups is 1. The predicted molar refractivity (Wildman–Crippen MR) is 134 cm³/mol. The standard InChI is InChI=1S/C29H40O6/c1-8-32-18-33-25-19(2)20(3)26-24(21(25)4)15-17-29(7,35-26)16-9-10-22-11-13-23(14-12-22)34-28(5,6)27(30)31/h11-14H,8-10,15-18H2,1-7H3,(H,30,31)/p-1. The summed E-state index contributed by atoms with van der Waals surface area (Å²) in [6.45, 7) is 14.3. The number of carbonyl (C=O) groups excluding carboxylic acids is 1. The number of rotatable bonds is 11. The summed E-state index contributed by atoms with van der Waals surface area (Å²) in [6.07, 6.45) is 4.77. The molecule has 1 aliphatic heterocycles. The molecule has 1 aliphatic rings. The molecule has 0 bridgehead atoms. The predicted octanol–water partition coefficient (Wildman–Crippen LogP) is 5.00. The molecule has 0 amide bonds. The van der Waals surface area contributed by atoms with Crippen molar-refractivity contribution >= 4 is 5.97 Å². The van der Waals surface area contributed by atoms with E-state index in [2.05, 4.69) is 27.7 Å². The van der Waals surface area contributed by atoms with Gasteiger partial charge < -0.3 is 28.8 Å². The van der Waals surface area contributed by atoms with Crippen LogP contribution in [0.2, 0.25) is 0 Å². The van der Waals surface area contributed by atoms with Crippen molar-refractivity contribution in [1.82, 2.24) is 0 Å². The second-order valence-electron chi connectivity index (χ2n) is 10.2. The Hall–Kier alpha value is -2.73. The number of aliphatic carboxylic acids is 1. The monoisotopic (exact) mass is 483 g/mol. The molecule has 192 valence electrons. The maximum absolute atomic E-state index is 11.2. The van der Waals surface area contributed by atoms with Crippen LogP contribution in [0.5, 0.6) is 17.2 Å². The highest BCUT2D eigenvalue weighted by Crippen LogP contribution is 2.44. The Morgan fingerprint density at radius 3 is 2.43 bits per heavy atom. The Bertz CT molecular complexity index is 1040. The van der Waals surface area contributed by atoms with E-state index in [1.165, 1.54) is 25.0 Å². The third-order valence-corrected chi connectivity index (χ3v) is 7.01. The lowest BCUT2D eigenvalue weighted by Gasteiger charge is -2.38. The quantitative estimate of drug-likeness (QED) is 0.331.